The summed E-state index contributed by atoms with van der Waals surface area (Å²) < 4.78 is 92.7. The Morgan fingerprint density at radius 1 is 1.02 bits per heavy atom. The maximum absolute atomic E-state index is 13.7. The number of fused-ring (bicyclic) bond motifs is 1. The Kier molecular flexibility index (Phi) is 9.20. The molecular formula is C28H27F6N5O5. The molecule has 2 atom stereocenters. The number of aromatic carboxylic acids is 1. The van der Waals surface area contributed by atoms with Crippen LogP contribution >= 0.6 is 0 Å². The summed E-state index contributed by atoms with van der Waals surface area (Å²) >= 11 is 0. The van der Waals surface area contributed by atoms with Crippen molar-refractivity contribution in [1.82, 2.24) is 15.0 Å². The van der Waals surface area contributed by atoms with E-state index in [0.717, 1.165) is 12.4 Å². The molecule has 1 N–H and O–H groups in total. The first-order valence-corrected chi connectivity index (χ1v) is 13.3. The van der Waals surface area contributed by atoms with Gasteiger partial charge in [-0.1, -0.05) is 6.92 Å². The van der Waals surface area contributed by atoms with Crippen molar-refractivity contribution < 1.29 is 50.5 Å². The topological polar surface area (TPSA) is 118 Å². The summed E-state index contributed by atoms with van der Waals surface area (Å²) in [4.78, 5) is 39.7. The molecular weight excluding hydrogens is 600 g/mol. The number of carbonyl (C=O) groups excluding carboxylic acids is 1. The number of methoxy groups -OCH3 is 1. The van der Waals surface area contributed by atoms with E-state index in [2.05, 4.69) is 15.0 Å². The van der Waals surface area contributed by atoms with Crippen LogP contribution in [0.1, 0.15) is 65.6 Å². The average molecular weight is 628 g/mol. The molecule has 16 heteroatoms. The number of nitrogens with zero attached hydrogens (tertiary/aromatic N) is 5. The van der Waals surface area contributed by atoms with E-state index in [1.54, 1.807) is 19.9 Å². The molecule has 10 nitrogen and oxygen atoms in total. The van der Waals surface area contributed by atoms with Crippen LogP contribution in [-0.2, 0) is 23.6 Å². The van der Waals surface area contributed by atoms with Crippen LogP contribution in [-0.4, -0.2) is 51.9 Å². The second-order valence-corrected chi connectivity index (χ2v) is 9.75. The molecule has 4 rings (SSSR count). The Morgan fingerprint density at radius 2 is 1.68 bits per heavy atom. The minimum atomic E-state index is -5.08. The molecule has 3 aromatic rings. The summed E-state index contributed by atoms with van der Waals surface area (Å²) in [6.45, 7) is 2.95. The van der Waals surface area contributed by atoms with Crippen LogP contribution in [0.3, 0.4) is 0 Å². The SMILES string of the molecule is CCOC(=O)N1c2ccc(OC)nc2C(N(Cc2cc(C(F)(F)F)cc(C(F)(F)F)c2)c2cnc(C(=O)O)cn2)CC1CC. The van der Waals surface area contributed by atoms with E-state index in [9.17, 15) is 41.0 Å². The molecule has 236 valence electrons. The van der Waals surface area contributed by atoms with E-state index >= 15 is 0 Å². The van der Waals surface area contributed by atoms with Gasteiger partial charge >= 0.3 is 24.4 Å². The number of hydrogen-bond acceptors (Lipinski definition) is 8. The largest absolute Gasteiger partial charge is 0.481 e. The number of halogens is 6. The molecule has 2 unspecified atom stereocenters. The van der Waals surface area contributed by atoms with Gasteiger partial charge in [-0.25, -0.2) is 24.5 Å². The Balaban J connectivity index is 1.93. The highest BCUT2D eigenvalue weighted by atomic mass is 19.4. The van der Waals surface area contributed by atoms with Gasteiger partial charge in [0, 0.05) is 18.7 Å². The van der Waals surface area contributed by atoms with E-state index < -0.39 is 59.9 Å². The Morgan fingerprint density at radius 3 is 2.18 bits per heavy atom. The highest BCUT2D eigenvalue weighted by Crippen LogP contribution is 2.44. The standard InChI is InChI=1S/C28H27F6N5O5/c1-4-18-11-21(24-20(6-7-23(37-24)43-3)39(18)26(42)44-5-2)38(22-13-35-19(12-36-22)25(40)41)14-15-8-16(27(29,30)31)10-17(9-15)28(32,33)34/h6-10,12-13,18,21H,4-5,11,14H2,1-3H3,(H,40,41). The summed E-state index contributed by atoms with van der Waals surface area (Å²) in [5, 5.41) is 9.29. The number of rotatable bonds is 8. The molecule has 1 aromatic carbocycles. The van der Waals surface area contributed by atoms with Crippen molar-refractivity contribution in [3.8, 4) is 5.88 Å². The molecule has 2 aromatic heterocycles. The fraction of sp³-hybridized carbons (Fsp3) is 0.393. The lowest BCUT2D eigenvalue weighted by Crippen LogP contribution is -2.48. The van der Waals surface area contributed by atoms with E-state index in [0.29, 0.717) is 18.6 Å². The summed E-state index contributed by atoms with van der Waals surface area (Å²) in [5.41, 5.74) is -3.31. The van der Waals surface area contributed by atoms with E-state index in [1.807, 2.05) is 0 Å². The van der Waals surface area contributed by atoms with Gasteiger partial charge in [-0.15, -0.1) is 0 Å². The lowest BCUT2D eigenvalue weighted by Gasteiger charge is -2.43. The number of pyridine rings is 1. The number of amides is 1. The Hall–Kier alpha value is -4.63. The minimum Gasteiger partial charge on any atom is -0.481 e. The molecule has 44 heavy (non-hydrogen) atoms. The number of alkyl halides is 6. The number of benzene rings is 1. The summed E-state index contributed by atoms with van der Waals surface area (Å²) in [6, 6.07) is 2.85. The van der Waals surface area contributed by atoms with Crippen LogP contribution in [0.5, 0.6) is 5.88 Å². The van der Waals surface area contributed by atoms with E-state index in [4.69, 9.17) is 9.47 Å². The maximum Gasteiger partial charge on any atom is 0.416 e. The monoisotopic (exact) mass is 627 g/mol. The number of anilines is 2. The third kappa shape index (κ3) is 6.78. The molecule has 0 aliphatic carbocycles. The van der Waals surface area contributed by atoms with Crippen molar-refractivity contribution in [2.45, 2.75) is 57.7 Å². The first kappa shape index (κ1) is 32.3. The zero-order valence-corrected chi connectivity index (χ0v) is 23.6. The fourth-order valence-electron chi connectivity index (χ4n) is 4.99. The van der Waals surface area contributed by atoms with Gasteiger partial charge in [0.05, 0.1) is 54.7 Å². The third-order valence-electron chi connectivity index (χ3n) is 6.99. The smallest absolute Gasteiger partial charge is 0.416 e. The molecule has 0 saturated heterocycles. The Bertz CT molecular complexity index is 1480. The summed E-state index contributed by atoms with van der Waals surface area (Å²) in [6.07, 6.45) is -8.37. The third-order valence-corrected chi connectivity index (χ3v) is 6.99. The molecule has 3 heterocycles. The van der Waals surface area contributed by atoms with Crippen molar-refractivity contribution in [3.63, 3.8) is 0 Å². The van der Waals surface area contributed by atoms with Crippen LogP contribution < -0.4 is 14.5 Å². The van der Waals surface area contributed by atoms with Crippen molar-refractivity contribution in [3.05, 3.63) is 70.8 Å². The van der Waals surface area contributed by atoms with Gasteiger partial charge in [0.2, 0.25) is 5.88 Å². The zero-order valence-electron chi connectivity index (χ0n) is 23.6. The number of carboxylic acids is 1. The van der Waals surface area contributed by atoms with Crippen LogP contribution in [0.2, 0.25) is 0 Å². The van der Waals surface area contributed by atoms with Gasteiger partial charge in [0.25, 0.3) is 0 Å². The predicted octanol–water partition coefficient (Wildman–Crippen LogP) is 6.51. The van der Waals surface area contributed by atoms with Crippen molar-refractivity contribution >= 4 is 23.6 Å². The maximum atomic E-state index is 13.7. The fourth-order valence-corrected chi connectivity index (χ4v) is 4.99. The van der Waals surface area contributed by atoms with Gasteiger partial charge < -0.3 is 19.5 Å². The lowest BCUT2D eigenvalue weighted by molar-refractivity contribution is -0.143. The molecule has 0 radical (unpaired) electrons. The molecule has 0 bridgehead atoms. The summed E-state index contributed by atoms with van der Waals surface area (Å²) in [5.74, 6) is -1.33. The number of carboxylic acid groups (broad SMARTS) is 1. The quantitative estimate of drug-likeness (QED) is 0.279. The van der Waals surface area contributed by atoms with Gasteiger partial charge in [-0.2, -0.15) is 26.3 Å². The van der Waals surface area contributed by atoms with E-state index in [1.165, 1.54) is 23.0 Å². The normalized spacial score (nSPS) is 16.7. The minimum absolute atomic E-state index is 0.0297. The molecule has 1 aliphatic rings. The van der Waals surface area contributed by atoms with Gasteiger partial charge in [0.15, 0.2) is 5.69 Å². The second kappa shape index (κ2) is 12.5. The number of ether oxygens (including phenoxy) is 2. The lowest BCUT2D eigenvalue weighted by atomic mass is 9.91. The van der Waals surface area contributed by atoms with Crippen molar-refractivity contribution in [2.24, 2.45) is 0 Å². The van der Waals surface area contributed by atoms with Crippen LogP contribution in [0.15, 0.2) is 42.7 Å². The zero-order chi connectivity index (χ0) is 32.4. The van der Waals surface area contributed by atoms with Crippen LogP contribution in [0.4, 0.5) is 42.6 Å². The number of carbonyl (C=O) groups is 2. The summed E-state index contributed by atoms with van der Waals surface area (Å²) in [7, 11) is 1.35. The molecule has 1 amide bonds. The number of hydrogen-bond donors (Lipinski definition) is 1. The number of aromatic nitrogens is 3. The molecule has 1 aliphatic heterocycles. The van der Waals surface area contributed by atoms with E-state index in [-0.39, 0.29) is 47.7 Å². The van der Waals surface area contributed by atoms with Crippen molar-refractivity contribution in [1.29, 1.82) is 0 Å². The highest BCUT2D eigenvalue weighted by Gasteiger charge is 2.42. The first-order valence-electron chi connectivity index (χ1n) is 13.3. The highest BCUT2D eigenvalue weighted by molar-refractivity contribution is 5.90. The van der Waals surface area contributed by atoms with Gasteiger partial charge in [-0.05, 0) is 49.6 Å². The first-order chi connectivity index (χ1) is 20.7. The molecule has 0 saturated carbocycles. The van der Waals surface area contributed by atoms with Gasteiger partial charge in [-0.3, -0.25) is 4.90 Å². The molecule has 0 fully saturated rings. The van der Waals surface area contributed by atoms with Crippen LogP contribution in [0, 0.1) is 0 Å². The Labute approximate surface area is 247 Å². The van der Waals surface area contributed by atoms with Gasteiger partial charge in [0.1, 0.15) is 5.82 Å². The predicted molar refractivity (Wildman–Crippen MR) is 143 cm³/mol. The second-order valence-electron chi connectivity index (χ2n) is 9.75. The van der Waals surface area contributed by atoms with Crippen LogP contribution in [0.25, 0.3) is 0 Å². The average Bonchev–Trinajstić information content (AvgIpc) is 2.98. The van der Waals surface area contributed by atoms with Crippen molar-refractivity contribution in [2.75, 3.05) is 23.5 Å². The molecule has 0 spiro atoms.